The van der Waals surface area contributed by atoms with E-state index in [0.717, 1.165) is 38.8 Å². The fourth-order valence-corrected chi connectivity index (χ4v) is 4.53. The Labute approximate surface area is 144 Å². The van der Waals surface area contributed by atoms with Crippen LogP contribution in [0.4, 0.5) is 0 Å². The van der Waals surface area contributed by atoms with Gasteiger partial charge in [-0.1, -0.05) is 29.8 Å². The van der Waals surface area contributed by atoms with Gasteiger partial charge in [0, 0.05) is 19.6 Å². The predicted octanol–water partition coefficient (Wildman–Crippen LogP) is 3.33. The van der Waals surface area contributed by atoms with Crippen LogP contribution in [0.1, 0.15) is 55.6 Å². The Hall–Kier alpha value is -1.39. The standard InChI is InChI=1S/C20H28N2O2/c1-15-3-2-4-17(13-15)16-6-11-21(12-7-16)19(23)18-5-8-20(9-10-20)14-22(18)24/h2-4,13,16,18,24H,5-12,14H2,1H3. The third kappa shape index (κ3) is 3.09. The summed E-state index contributed by atoms with van der Waals surface area (Å²) in [5.41, 5.74) is 3.04. The number of carbonyl (C=O) groups excluding carboxylic acids is 1. The van der Waals surface area contributed by atoms with Gasteiger partial charge in [-0.05, 0) is 62.3 Å². The number of piperidine rings is 2. The Morgan fingerprint density at radius 3 is 2.54 bits per heavy atom. The first-order chi connectivity index (χ1) is 11.6. The van der Waals surface area contributed by atoms with Gasteiger partial charge in [0.15, 0.2) is 0 Å². The zero-order chi connectivity index (χ0) is 16.7. The van der Waals surface area contributed by atoms with Gasteiger partial charge >= 0.3 is 0 Å². The van der Waals surface area contributed by atoms with E-state index in [2.05, 4.69) is 31.2 Å². The molecule has 1 N–H and O–H groups in total. The average molecular weight is 328 g/mol. The van der Waals surface area contributed by atoms with Gasteiger partial charge in [0.25, 0.3) is 0 Å². The van der Waals surface area contributed by atoms with E-state index >= 15 is 0 Å². The van der Waals surface area contributed by atoms with E-state index in [1.54, 1.807) is 0 Å². The minimum absolute atomic E-state index is 0.135. The predicted molar refractivity (Wildman–Crippen MR) is 92.9 cm³/mol. The molecule has 4 rings (SSSR count). The summed E-state index contributed by atoms with van der Waals surface area (Å²) >= 11 is 0. The number of hydrogen-bond acceptors (Lipinski definition) is 3. The molecule has 1 unspecified atom stereocenters. The first-order valence-corrected chi connectivity index (χ1v) is 9.37. The smallest absolute Gasteiger partial charge is 0.242 e. The van der Waals surface area contributed by atoms with Crippen LogP contribution in [0.2, 0.25) is 0 Å². The highest BCUT2D eigenvalue weighted by Gasteiger charge is 2.49. The van der Waals surface area contributed by atoms with Gasteiger partial charge in [-0.25, -0.2) is 0 Å². The molecule has 3 aliphatic rings. The molecule has 0 bridgehead atoms. The molecule has 0 radical (unpaired) electrons. The number of rotatable bonds is 2. The van der Waals surface area contributed by atoms with E-state index in [4.69, 9.17) is 0 Å². The Bertz CT molecular complexity index is 618. The largest absolute Gasteiger partial charge is 0.341 e. The molecule has 24 heavy (non-hydrogen) atoms. The van der Waals surface area contributed by atoms with Crippen LogP contribution < -0.4 is 0 Å². The third-order valence-corrected chi connectivity index (χ3v) is 6.37. The van der Waals surface area contributed by atoms with Crippen molar-refractivity contribution in [2.75, 3.05) is 19.6 Å². The van der Waals surface area contributed by atoms with Gasteiger partial charge in [0.2, 0.25) is 5.91 Å². The first kappa shape index (κ1) is 16.1. The molecule has 1 aliphatic carbocycles. The quantitative estimate of drug-likeness (QED) is 0.905. The summed E-state index contributed by atoms with van der Waals surface area (Å²) in [6.45, 7) is 4.44. The Morgan fingerprint density at radius 1 is 1.17 bits per heavy atom. The highest BCUT2D eigenvalue weighted by atomic mass is 16.5. The molecule has 4 heteroatoms. The van der Waals surface area contributed by atoms with E-state index in [1.807, 2.05) is 4.90 Å². The van der Waals surface area contributed by atoms with E-state index < -0.39 is 0 Å². The lowest BCUT2D eigenvalue weighted by Crippen LogP contribution is -2.53. The first-order valence-electron chi connectivity index (χ1n) is 9.37. The Morgan fingerprint density at radius 2 is 1.92 bits per heavy atom. The van der Waals surface area contributed by atoms with Crippen molar-refractivity contribution in [3.05, 3.63) is 35.4 Å². The fraction of sp³-hybridized carbons (Fsp3) is 0.650. The van der Waals surface area contributed by atoms with E-state index in [0.29, 0.717) is 17.9 Å². The normalized spacial score (nSPS) is 27.4. The van der Waals surface area contributed by atoms with Crippen LogP contribution in [-0.2, 0) is 4.79 Å². The Balaban J connectivity index is 1.34. The lowest BCUT2D eigenvalue weighted by atomic mass is 9.87. The van der Waals surface area contributed by atoms with E-state index in [1.165, 1.54) is 29.0 Å². The number of likely N-dealkylation sites (tertiary alicyclic amines) is 1. The van der Waals surface area contributed by atoms with Gasteiger partial charge in [-0.2, -0.15) is 5.06 Å². The van der Waals surface area contributed by atoms with Crippen LogP contribution in [0.25, 0.3) is 0 Å². The monoisotopic (exact) mass is 328 g/mol. The number of benzene rings is 1. The lowest BCUT2D eigenvalue weighted by molar-refractivity contribution is -0.180. The fourth-order valence-electron chi connectivity index (χ4n) is 4.53. The molecule has 2 saturated heterocycles. The molecule has 1 spiro atoms. The average Bonchev–Trinajstić information content (AvgIpc) is 3.33. The molecule has 2 heterocycles. The van der Waals surface area contributed by atoms with Gasteiger partial charge < -0.3 is 10.1 Å². The zero-order valence-corrected chi connectivity index (χ0v) is 14.6. The van der Waals surface area contributed by atoms with Crippen molar-refractivity contribution < 1.29 is 10.0 Å². The number of carbonyl (C=O) groups is 1. The zero-order valence-electron chi connectivity index (χ0n) is 14.6. The number of nitrogens with zero attached hydrogens (tertiary/aromatic N) is 2. The second-order valence-corrected chi connectivity index (χ2v) is 8.17. The number of amides is 1. The van der Waals surface area contributed by atoms with Crippen molar-refractivity contribution in [1.82, 2.24) is 9.96 Å². The summed E-state index contributed by atoms with van der Waals surface area (Å²) < 4.78 is 0. The molecule has 1 atom stereocenters. The third-order valence-electron chi connectivity index (χ3n) is 6.37. The summed E-state index contributed by atoms with van der Waals surface area (Å²) in [5.74, 6) is 0.691. The van der Waals surface area contributed by atoms with Crippen LogP contribution in [0.3, 0.4) is 0 Å². The highest BCUT2D eigenvalue weighted by molar-refractivity contribution is 5.82. The molecule has 1 saturated carbocycles. The molecular weight excluding hydrogens is 300 g/mol. The molecule has 1 aromatic carbocycles. The maximum absolute atomic E-state index is 12.8. The summed E-state index contributed by atoms with van der Waals surface area (Å²) in [4.78, 5) is 14.8. The van der Waals surface area contributed by atoms with Crippen LogP contribution in [0.5, 0.6) is 0 Å². The molecule has 1 amide bonds. The molecule has 3 fully saturated rings. The summed E-state index contributed by atoms with van der Waals surface area (Å²) in [5, 5.41) is 11.6. The summed E-state index contributed by atoms with van der Waals surface area (Å²) in [6, 6.07) is 8.43. The number of hydroxylamine groups is 2. The molecule has 0 aromatic heterocycles. The Kier molecular flexibility index (Phi) is 4.13. The van der Waals surface area contributed by atoms with Crippen LogP contribution in [0.15, 0.2) is 24.3 Å². The van der Waals surface area contributed by atoms with Crippen molar-refractivity contribution in [3.8, 4) is 0 Å². The number of aryl methyl sites for hydroxylation is 1. The molecule has 2 aliphatic heterocycles. The maximum Gasteiger partial charge on any atom is 0.242 e. The van der Waals surface area contributed by atoms with Gasteiger partial charge in [-0.3, -0.25) is 4.79 Å². The van der Waals surface area contributed by atoms with Crippen LogP contribution in [0, 0.1) is 12.3 Å². The van der Waals surface area contributed by atoms with E-state index in [9.17, 15) is 10.0 Å². The van der Waals surface area contributed by atoms with E-state index in [-0.39, 0.29) is 11.9 Å². The second kappa shape index (κ2) is 6.16. The molecule has 130 valence electrons. The van der Waals surface area contributed by atoms with Crippen LogP contribution in [-0.4, -0.2) is 46.8 Å². The van der Waals surface area contributed by atoms with Crippen LogP contribution >= 0.6 is 0 Å². The van der Waals surface area contributed by atoms with Crippen molar-refractivity contribution in [1.29, 1.82) is 0 Å². The van der Waals surface area contributed by atoms with Gasteiger partial charge in [-0.15, -0.1) is 0 Å². The van der Waals surface area contributed by atoms with Crippen molar-refractivity contribution in [2.45, 2.75) is 57.4 Å². The minimum atomic E-state index is -0.313. The minimum Gasteiger partial charge on any atom is -0.341 e. The highest BCUT2D eigenvalue weighted by Crippen LogP contribution is 2.52. The molecular formula is C20H28N2O2. The lowest BCUT2D eigenvalue weighted by Gasteiger charge is -2.39. The van der Waals surface area contributed by atoms with Gasteiger partial charge in [0.1, 0.15) is 6.04 Å². The second-order valence-electron chi connectivity index (χ2n) is 8.17. The van der Waals surface area contributed by atoms with Crippen molar-refractivity contribution in [2.24, 2.45) is 5.41 Å². The summed E-state index contributed by atoms with van der Waals surface area (Å²) in [7, 11) is 0. The van der Waals surface area contributed by atoms with Crippen molar-refractivity contribution >= 4 is 5.91 Å². The van der Waals surface area contributed by atoms with Crippen molar-refractivity contribution in [3.63, 3.8) is 0 Å². The molecule has 1 aromatic rings. The SMILES string of the molecule is Cc1cccc(C2CCN(C(=O)C3CCC4(CC4)CN3O)CC2)c1. The topological polar surface area (TPSA) is 43.8 Å². The van der Waals surface area contributed by atoms with Gasteiger partial charge in [0.05, 0.1) is 0 Å². The maximum atomic E-state index is 12.8. The summed E-state index contributed by atoms with van der Waals surface area (Å²) in [6.07, 6.45) is 6.39. The number of hydrogen-bond donors (Lipinski definition) is 1. The molecule has 4 nitrogen and oxygen atoms in total.